The van der Waals surface area contributed by atoms with Crippen LogP contribution in [0.2, 0.25) is 0 Å². The molecule has 0 aliphatic heterocycles. The topological polar surface area (TPSA) is 38.0 Å². The summed E-state index contributed by atoms with van der Waals surface area (Å²) in [6.45, 7) is 0.170. The Labute approximate surface area is 111 Å². The van der Waals surface area contributed by atoms with Gasteiger partial charge < -0.3 is 11.1 Å². The number of halogens is 3. The highest BCUT2D eigenvalue weighted by atomic mass is 19.4. The lowest BCUT2D eigenvalue weighted by atomic mass is 9.99. The van der Waals surface area contributed by atoms with Crippen LogP contribution in [-0.2, 0) is 6.18 Å². The first-order valence-corrected chi connectivity index (χ1v) is 6.64. The number of nitrogens with two attached hydrogens (primary N) is 1. The van der Waals surface area contributed by atoms with E-state index in [1.165, 1.54) is 12.1 Å². The first-order chi connectivity index (χ1) is 9.02. The van der Waals surface area contributed by atoms with Crippen molar-refractivity contribution in [1.29, 1.82) is 0 Å². The molecule has 106 valence electrons. The van der Waals surface area contributed by atoms with Crippen LogP contribution in [0.3, 0.4) is 0 Å². The van der Waals surface area contributed by atoms with E-state index in [1.807, 2.05) is 0 Å². The number of hydrogen-bond acceptors (Lipinski definition) is 2. The fourth-order valence-corrected chi connectivity index (χ4v) is 2.72. The molecule has 2 rings (SSSR count). The monoisotopic (exact) mass is 272 g/mol. The molecule has 0 radical (unpaired) electrons. The molecule has 1 aromatic carbocycles. The highest BCUT2D eigenvalue weighted by molar-refractivity contribution is 5.32. The van der Waals surface area contributed by atoms with Crippen molar-refractivity contribution in [2.45, 2.75) is 43.9 Å². The van der Waals surface area contributed by atoms with Crippen molar-refractivity contribution in [2.24, 2.45) is 5.73 Å². The van der Waals surface area contributed by atoms with E-state index < -0.39 is 17.8 Å². The molecule has 2 nitrogen and oxygen atoms in total. The van der Waals surface area contributed by atoms with E-state index in [-0.39, 0.29) is 18.2 Å². The lowest BCUT2D eigenvalue weighted by Crippen LogP contribution is -2.36. The summed E-state index contributed by atoms with van der Waals surface area (Å²) in [7, 11) is 0. The van der Waals surface area contributed by atoms with Crippen molar-refractivity contribution in [3.8, 4) is 0 Å². The highest BCUT2D eigenvalue weighted by Gasteiger charge is 2.35. The predicted octanol–water partition coefficient (Wildman–Crippen LogP) is 3.24. The van der Waals surface area contributed by atoms with Gasteiger partial charge in [0, 0.05) is 18.6 Å². The maximum absolute atomic E-state index is 13.0. The first kappa shape index (κ1) is 14.3. The van der Waals surface area contributed by atoms with Gasteiger partial charge in [-0.25, -0.2) is 0 Å². The molecule has 0 amide bonds. The van der Waals surface area contributed by atoms with Gasteiger partial charge in [-0.05, 0) is 24.5 Å². The second-order valence-corrected chi connectivity index (χ2v) is 5.02. The third kappa shape index (κ3) is 3.48. The lowest BCUT2D eigenvalue weighted by molar-refractivity contribution is -0.138. The van der Waals surface area contributed by atoms with E-state index in [1.54, 1.807) is 6.07 Å². The van der Waals surface area contributed by atoms with E-state index in [0.29, 0.717) is 0 Å². The summed E-state index contributed by atoms with van der Waals surface area (Å²) in [5.41, 5.74) is 5.33. The van der Waals surface area contributed by atoms with Gasteiger partial charge in [-0.1, -0.05) is 31.0 Å². The molecule has 0 spiro atoms. The summed E-state index contributed by atoms with van der Waals surface area (Å²) in [5.74, 6) is 0. The van der Waals surface area contributed by atoms with Gasteiger partial charge >= 0.3 is 6.18 Å². The Morgan fingerprint density at radius 3 is 2.42 bits per heavy atom. The van der Waals surface area contributed by atoms with Crippen LogP contribution in [-0.4, -0.2) is 12.6 Å². The van der Waals surface area contributed by atoms with Gasteiger partial charge in [0.1, 0.15) is 0 Å². The zero-order valence-electron chi connectivity index (χ0n) is 10.7. The molecule has 1 aliphatic carbocycles. The molecule has 0 saturated heterocycles. The maximum Gasteiger partial charge on any atom is 0.416 e. The molecular formula is C14H19F3N2. The Balaban J connectivity index is 2.22. The normalized spacial score (nSPS) is 18.7. The van der Waals surface area contributed by atoms with E-state index in [2.05, 4.69) is 5.32 Å². The molecule has 3 N–H and O–H groups in total. The third-order valence-corrected chi connectivity index (χ3v) is 3.67. The highest BCUT2D eigenvalue weighted by Crippen LogP contribution is 2.34. The molecule has 0 bridgehead atoms. The van der Waals surface area contributed by atoms with Gasteiger partial charge in [0.05, 0.1) is 5.56 Å². The minimum atomic E-state index is -4.33. The average molecular weight is 272 g/mol. The number of benzene rings is 1. The van der Waals surface area contributed by atoms with Gasteiger partial charge in [0.15, 0.2) is 0 Å². The van der Waals surface area contributed by atoms with Crippen molar-refractivity contribution in [1.82, 2.24) is 5.32 Å². The standard InChI is InChI=1S/C14H19F3N2/c15-14(16,17)12-8-4-3-7-11(12)13(9-18)19-10-5-1-2-6-10/h3-4,7-8,10,13,19H,1-2,5-6,9,18H2. The van der Waals surface area contributed by atoms with Crippen molar-refractivity contribution < 1.29 is 13.2 Å². The van der Waals surface area contributed by atoms with Crippen LogP contribution in [0.4, 0.5) is 13.2 Å². The summed E-state index contributed by atoms with van der Waals surface area (Å²) >= 11 is 0. The molecule has 0 heterocycles. The van der Waals surface area contributed by atoms with Crippen LogP contribution in [0.15, 0.2) is 24.3 Å². The molecule has 1 fully saturated rings. The average Bonchev–Trinajstić information content (AvgIpc) is 2.88. The van der Waals surface area contributed by atoms with E-state index in [0.717, 1.165) is 31.7 Å². The molecule has 5 heteroatoms. The molecule has 1 unspecified atom stereocenters. The van der Waals surface area contributed by atoms with Crippen LogP contribution in [0.25, 0.3) is 0 Å². The summed E-state index contributed by atoms with van der Waals surface area (Å²) in [4.78, 5) is 0. The molecule has 1 aromatic rings. The number of hydrogen-bond donors (Lipinski definition) is 2. The lowest BCUT2D eigenvalue weighted by Gasteiger charge is -2.25. The molecule has 1 atom stereocenters. The van der Waals surface area contributed by atoms with Crippen molar-refractivity contribution >= 4 is 0 Å². The molecule has 1 aliphatic rings. The summed E-state index contributed by atoms with van der Waals surface area (Å²) in [5, 5.41) is 3.27. The number of nitrogens with one attached hydrogen (secondary N) is 1. The van der Waals surface area contributed by atoms with Gasteiger partial charge in [-0.2, -0.15) is 13.2 Å². The van der Waals surface area contributed by atoms with Crippen molar-refractivity contribution in [3.05, 3.63) is 35.4 Å². The zero-order chi connectivity index (χ0) is 13.9. The SMILES string of the molecule is NCC(NC1CCCC1)c1ccccc1C(F)(F)F. The Kier molecular flexibility index (Phi) is 4.47. The Hall–Kier alpha value is -1.07. The van der Waals surface area contributed by atoms with Crippen LogP contribution in [0.1, 0.15) is 42.9 Å². The predicted molar refractivity (Wildman–Crippen MR) is 68.6 cm³/mol. The molecule has 1 saturated carbocycles. The number of alkyl halides is 3. The van der Waals surface area contributed by atoms with Gasteiger partial charge in [0.25, 0.3) is 0 Å². The van der Waals surface area contributed by atoms with Crippen LogP contribution >= 0.6 is 0 Å². The van der Waals surface area contributed by atoms with Gasteiger partial charge in [-0.3, -0.25) is 0 Å². The first-order valence-electron chi connectivity index (χ1n) is 6.64. The Bertz CT molecular complexity index is 411. The molecule has 19 heavy (non-hydrogen) atoms. The molecular weight excluding hydrogens is 253 g/mol. The summed E-state index contributed by atoms with van der Waals surface area (Å²) < 4.78 is 39.0. The minimum absolute atomic E-state index is 0.170. The van der Waals surface area contributed by atoms with Gasteiger partial charge in [-0.15, -0.1) is 0 Å². The van der Waals surface area contributed by atoms with Crippen LogP contribution < -0.4 is 11.1 Å². The summed E-state index contributed by atoms with van der Waals surface area (Å²) in [6, 6.07) is 5.53. The van der Waals surface area contributed by atoms with E-state index >= 15 is 0 Å². The second-order valence-electron chi connectivity index (χ2n) is 5.02. The van der Waals surface area contributed by atoms with Gasteiger partial charge in [0.2, 0.25) is 0 Å². The maximum atomic E-state index is 13.0. The molecule has 0 aromatic heterocycles. The zero-order valence-corrected chi connectivity index (χ0v) is 10.7. The fraction of sp³-hybridized carbons (Fsp3) is 0.571. The van der Waals surface area contributed by atoms with E-state index in [4.69, 9.17) is 5.73 Å². The smallest absolute Gasteiger partial charge is 0.329 e. The Morgan fingerprint density at radius 1 is 1.21 bits per heavy atom. The van der Waals surface area contributed by atoms with Crippen LogP contribution in [0, 0.1) is 0 Å². The van der Waals surface area contributed by atoms with E-state index in [9.17, 15) is 13.2 Å². The quantitative estimate of drug-likeness (QED) is 0.883. The summed E-state index contributed by atoms with van der Waals surface area (Å²) in [6.07, 6.45) is -0.0253. The minimum Gasteiger partial charge on any atom is -0.329 e. The van der Waals surface area contributed by atoms with Crippen molar-refractivity contribution in [2.75, 3.05) is 6.54 Å². The van der Waals surface area contributed by atoms with Crippen molar-refractivity contribution in [3.63, 3.8) is 0 Å². The third-order valence-electron chi connectivity index (χ3n) is 3.67. The largest absolute Gasteiger partial charge is 0.416 e. The fourth-order valence-electron chi connectivity index (χ4n) is 2.72. The Morgan fingerprint density at radius 2 is 1.84 bits per heavy atom. The van der Waals surface area contributed by atoms with Crippen LogP contribution in [0.5, 0.6) is 0 Å². The second kappa shape index (κ2) is 5.92. The number of rotatable bonds is 4.